The van der Waals surface area contributed by atoms with Crippen molar-refractivity contribution in [1.82, 2.24) is 10.2 Å². The van der Waals surface area contributed by atoms with E-state index in [0.29, 0.717) is 0 Å². The maximum atomic E-state index is 11.9. The minimum Gasteiger partial charge on any atom is -0.391 e. The highest BCUT2D eigenvalue weighted by Crippen LogP contribution is 2.23. The van der Waals surface area contributed by atoms with Crippen LogP contribution in [0, 0.1) is 5.92 Å². The quantitative estimate of drug-likeness (QED) is 0.633. The SMILES string of the molecule is C[C@@H](O)[C@@H]1CCCN1C(=O)C1CNC1. The first-order chi connectivity index (χ1) is 6.70. The summed E-state index contributed by atoms with van der Waals surface area (Å²) in [7, 11) is 0. The molecule has 80 valence electrons. The fourth-order valence-corrected chi connectivity index (χ4v) is 2.27. The molecule has 4 heteroatoms. The van der Waals surface area contributed by atoms with E-state index in [0.717, 1.165) is 32.5 Å². The maximum Gasteiger partial charge on any atom is 0.228 e. The number of nitrogens with zero attached hydrogens (tertiary/aromatic N) is 1. The van der Waals surface area contributed by atoms with Gasteiger partial charge in [-0.2, -0.15) is 0 Å². The number of carbonyl (C=O) groups is 1. The van der Waals surface area contributed by atoms with Gasteiger partial charge in [0.05, 0.1) is 18.1 Å². The van der Waals surface area contributed by atoms with Gasteiger partial charge < -0.3 is 15.3 Å². The molecule has 0 saturated carbocycles. The molecule has 14 heavy (non-hydrogen) atoms. The van der Waals surface area contributed by atoms with Crippen molar-refractivity contribution in [1.29, 1.82) is 0 Å². The fourth-order valence-electron chi connectivity index (χ4n) is 2.27. The summed E-state index contributed by atoms with van der Waals surface area (Å²) in [6.45, 7) is 4.21. The van der Waals surface area contributed by atoms with Crippen LogP contribution in [0.15, 0.2) is 0 Å². The first kappa shape index (κ1) is 9.93. The summed E-state index contributed by atoms with van der Waals surface area (Å²) in [5.74, 6) is 0.390. The molecule has 2 heterocycles. The number of aliphatic hydroxyl groups excluding tert-OH is 1. The Kier molecular flexibility index (Phi) is 2.74. The molecule has 0 spiro atoms. The molecule has 4 nitrogen and oxygen atoms in total. The Labute approximate surface area is 84.3 Å². The van der Waals surface area contributed by atoms with Gasteiger partial charge in [-0.05, 0) is 19.8 Å². The molecule has 2 saturated heterocycles. The van der Waals surface area contributed by atoms with E-state index in [4.69, 9.17) is 0 Å². The Balaban J connectivity index is 1.97. The van der Waals surface area contributed by atoms with Gasteiger partial charge in [0.2, 0.25) is 5.91 Å². The summed E-state index contributed by atoms with van der Waals surface area (Å²) in [4.78, 5) is 13.8. The molecule has 0 aromatic carbocycles. The summed E-state index contributed by atoms with van der Waals surface area (Å²) in [6, 6.07) is 0.0584. The maximum absolute atomic E-state index is 11.9. The van der Waals surface area contributed by atoms with Gasteiger partial charge in [0.15, 0.2) is 0 Å². The van der Waals surface area contributed by atoms with E-state index in [1.54, 1.807) is 6.92 Å². The predicted molar refractivity (Wildman–Crippen MR) is 52.8 cm³/mol. The number of nitrogens with one attached hydrogen (secondary N) is 1. The van der Waals surface area contributed by atoms with Crippen LogP contribution in [0.25, 0.3) is 0 Å². The van der Waals surface area contributed by atoms with Crippen LogP contribution in [0.1, 0.15) is 19.8 Å². The molecule has 2 N–H and O–H groups in total. The smallest absolute Gasteiger partial charge is 0.228 e. The van der Waals surface area contributed by atoms with Gasteiger partial charge in [-0.1, -0.05) is 0 Å². The molecule has 1 amide bonds. The second-order valence-corrected chi connectivity index (χ2v) is 4.34. The monoisotopic (exact) mass is 198 g/mol. The number of carbonyl (C=O) groups excluding carboxylic acids is 1. The molecule has 0 unspecified atom stereocenters. The van der Waals surface area contributed by atoms with E-state index in [9.17, 15) is 9.90 Å². The molecule has 0 aliphatic carbocycles. The lowest BCUT2D eigenvalue weighted by Crippen LogP contribution is -2.54. The molecule has 0 aromatic heterocycles. The minimum absolute atomic E-state index is 0.0584. The van der Waals surface area contributed by atoms with Crippen molar-refractivity contribution >= 4 is 5.91 Å². The van der Waals surface area contributed by atoms with Crippen molar-refractivity contribution in [2.75, 3.05) is 19.6 Å². The molecular formula is C10H18N2O2. The molecule has 2 atom stereocenters. The first-order valence-corrected chi connectivity index (χ1v) is 5.39. The highest BCUT2D eigenvalue weighted by Gasteiger charge is 2.37. The third-order valence-electron chi connectivity index (χ3n) is 3.27. The third-order valence-corrected chi connectivity index (χ3v) is 3.27. The molecule has 2 aliphatic heterocycles. The molecule has 0 aromatic rings. The van der Waals surface area contributed by atoms with Gasteiger partial charge in [-0.3, -0.25) is 4.79 Å². The fraction of sp³-hybridized carbons (Fsp3) is 0.900. The molecule has 0 radical (unpaired) electrons. The predicted octanol–water partition coefficient (Wildman–Crippen LogP) is -0.422. The summed E-state index contributed by atoms with van der Waals surface area (Å²) in [5.41, 5.74) is 0. The minimum atomic E-state index is -0.394. The van der Waals surface area contributed by atoms with Crippen LogP contribution in [-0.4, -0.2) is 47.7 Å². The summed E-state index contributed by atoms with van der Waals surface area (Å²) in [6.07, 6.45) is 1.58. The van der Waals surface area contributed by atoms with Crippen molar-refractivity contribution in [3.63, 3.8) is 0 Å². The summed E-state index contributed by atoms with van der Waals surface area (Å²) in [5, 5.41) is 12.6. The van der Waals surface area contributed by atoms with E-state index in [2.05, 4.69) is 5.32 Å². The highest BCUT2D eigenvalue weighted by atomic mass is 16.3. The Morgan fingerprint density at radius 2 is 2.29 bits per heavy atom. The van der Waals surface area contributed by atoms with Crippen LogP contribution in [0.3, 0.4) is 0 Å². The van der Waals surface area contributed by atoms with Crippen LogP contribution in [0.2, 0.25) is 0 Å². The lowest BCUT2D eigenvalue weighted by Gasteiger charge is -2.34. The molecule has 2 rings (SSSR count). The van der Waals surface area contributed by atoms with Gasteiger partial charge in [0, 0.05) is 19.6 Å². The van der Waals surface area contributed by atoms with Crippen LogP contribution < -0.4 is 5.32 Å². The standard InChI is InChI=1S/C10H18N2O2/c1-7(13)9-3-2-4-12(9)10(14)8-5-11-6-8/h7-9,11,13H,2-6H2,1H3/t7-,9+/m1/s1. The lowest BCUT2D eigenvalue weighted by molar-refractivity contribution is -0.139. The van der Waals surface area contributed by atoms with Crippen LogP contribution in [0.5, 0.6) is 0 Å². The Hall–Kier alpha value is -0.610. The molecule has 0 bridgehead atoms. The largest absolute Gasteiger partial charge is 0.391 e. The van der Waals surface area contributed by atoms with E-state index in [1.165, 1.54) is 0 Å². The van der Waals surface area contributed by atoms with E-state index in [-0.39, 0.29) is 17.9 Å². The highest BCUT2D eigenvalue weighted by molar-refractivity contribution is 5.80. The zero-order valence-corrected chi connectivity index (χ0v) is 8.57. The van der Waals surface area contributed by atoms with E-state index < -0.39 is 6.10 Å². The second-order valence-electron chi connectivity index (χ2n) is 4.34. The Morgan fingerprint density at radius 1 is 1.57 bits per heavy atom. The normalized spacial score (nSPS) is 30.1. The van der Waals surface area contributed by atoms with Gasteiger partial charge in [-0.15, -0.1) is 0 Å². The van der Waals surface area contributed by atoms with Gasteiger partial charge in [0.1, 0.15) is 0 Å². The molecular weight excluding hydrogens is 180 g/mol. The van der Waals surface area contributed by atoms with E-state index in [1.807, 2.05) is 4.90 Å². The Morgan fingerprint density at radius 3 is 2.79 bits per heavy atom. The number of rotatable bonds is 2. The van der Waals surface area contributed by atoms with Crippen molar-refractivity contribution in [2.45, 2.75) is 31.9 Å². The van der Waals surface area contributed by atoms with Crippen molar-refractivity contribution in [2.24, 2.45) is 5.92 Å². The number of aliphatic hydroxyl groups is 1. The summed E-state index contributed by atoms with van der Waals surface area (Å²) < 4.78 is 0. The Bertz CT molecular complexity index is 226. The average Bonchev–Trinajstić information content (AvgIpc) is 2.47. The second kappa shape index (κ2) is 3.87. The van der Waals surface area contributed by atoms with Gasteiger partial charge in [-0.25, -0.2) is 0 Å². The zero-order chi connectivity index (χ0) is 10.1. The molecule has 2 aliphatic rings. The van der Waals surface area contributed by atoms with Crippen LogP contribution in [-0.2, 0) is 4.79 Å². The van der Waals surface area contributed by atoms with Crippen molar-refractivity contribution in [3.05, 3.63) is 0 Å². The first-order valence-electron chi connectivity index (χ1n) is 5.39. The summed E-state index contributed by atoms with van der Waals surface area (Å²) >= 11 is 0. The van der Waals surface area contributed by atoms with Gasteiger partial charge in [0.25, 0.3) is 0 Å². The van der Waals surface area contributed by atoms with E-state index >= 15 is 0 Å². The van der Waals surface area contributed by atoms with Crippen LogP contribution in [0.4, 0.5) is 0 Å². The van der Waals surface area contributed by atoms with Crippen LogP contribution >= 0.6 is 0 Å². The van der Waals surface area contributed by atoms with Crippen molar-refractivity contribution in [3.8, 4) is 0 Å². The number of likely N-dealkylation sites (tertiary alicyclic amines) is 1. The third kappa shape index (κ3) is 1.64. The number of hydrogen-bond acceptors (Lipinski definition) is 3. The zero-order valence-electron chi connectivity index (χ0n) is 8.57. The number of amides is 1. The topological polar surface area (TPSA) is 52.6 Å². The van der Waals surface area contributed by atoms with Crippen molar-refractivity contribution < 1.29 is 9.90 Å². The van der Waals surface area contributed by atoms with Gasteiger partial charge >= 0.3 is 0 Å². The average molecular weight is 198 g/mol. The molecule has 2 fully saturated rings. The number of hydrogen-bond donors (Lipinski definition) is 2. The lowest BCUT2D eigenvalue weighted by atomic mass is 10.0.